The molecule has 1 aromatic rings. The highest BCUT2D eigenvalue weighted by Gasteiger charge is 2.38. The molecule has 1 saturated heterocycles. The first-order valence-electron chi connectivity index (χ1n) is 7.65. The molecule has 1 aliphatic carbocycles. The fourth-order valence-electron chi connectivity index (χ4n) is 3.57. The molecule has 2 fully saturated rings. The molecule has 2 aliphatic rings. The summed E-state index contributed by atoms with van der Waals surface area (Å²) in [4.78, 5) is 7.09. The summed E-state index contributed by atoms with van der Waals surface area (Å²) in [6.45, 7) is 5.90. The predicted molar refractivity (Wildman–Crippen MR) is 80.7 cm³/mol. The van der Waals surface area contributed by atoms with Crippen molar-refractivity contribution >= 4 is 11.3 Å². The number of rotatable bonds is 3. The van der Waals surface area contributed by atoms with Crippen LogP contribution in [0.1, 0.15) is 44.0 Å². The molecule has 0 bridgehead atoms. The Hall–Kier alpha value is -0.450. The van der Waals surface area contributed by atoms with E-state index in [1.54, 1.807) is 11.3 Å². The zero-order valence-electron chi connectivity index (χ0n) is 11.9. The van der Waals surface area contributed by atoms with Crippen molar-refractivity contribution in [3.05, 3.63) is 16.6 Å². The van der Waals surface area contributed by atoms with Crippen LogP contribution >= 0.6 is 11.3 Å². The number of piperazine rings is 1. The van der Waals surface area contributed by atoms with Crippen molar-refractivity contribution in [2.45, 2.75) is 57.0 Å². The Morgan fingerprint density at radius 1 is 1.42 bits per heavy atom. The van der Waals surface area contributed by atoms with E-state index in [9.17, 15) is 0 Å². The quantitative estimate of drug-likeness (QED) is 0.922. The average Bonchev–Trinajstić information content (AvgIpc) is 2.94. The van der Waals surface area contributed by atoms with E-state index in [1.807, 2.05) is 6.20 Å². The van der Waals surface area contributed by atoms with Gasteiger partial charge in [-0.25, -0.2) is 4.98 Å². The normalized spacial score (nSPS) is 27.7. The second kappa shape index (κ2) is 5.90. The summed E-state index contributed by atoms with van der Waals surface area (Å²) in [6, 6.07) is 0.660. The molecule has 1 aromatic heterocycles. The van der Waals surface area contributed by atoms with Gasteiger partial charge in [-0.05, 0) is 19.8 Å². The van der Waals surface area contributed by atoms with Crippen molar-refractivity contribution in [3.8, 4) is 0 Å². The van der Waals surface area contributed by atoms with E-state index in [1.165, 1.54) is 43.7 Å². The minimum atomic E-state index is 0.424. The van der Waals surface area contributed by atoms with Gasteiger partial charge in [-0.2, -0.15) is 0 Å². The van der Waals surface area contributed by atoms with Crippen LogP contribution < -0.4 is 5.32 Å². The van der Waals surface area contributed by atoms with Gasteiger partial charge in [0.05, 0.1) is 5.01 Å². The number of nitrogens with zero attached hydrogens (tertiary/aromatic N) is 2. The number of hydrogen-bond acceptors (Lipinski definition) is 4. The van der Waals surface area contributed by atoms with Gasteiger partial charge in [0.1, 0.15) is 0 Å². The third kappa shape index (κ3) is 3.18. The molecule has 2 heterocycles. The third-order valence-electron chi connectivity index (χ3n) is 4.81. The molecule has 0 amide bonds. The van der Waals surface area contributed by atoms with Crippen LogP contribution in [0.2, 0.25) is 0 Å². The Kier molecular flexibility index (Phi) is 4.20. The first-order chi connectivity index (χ1) is 9.27. The summed E-state index contributed by atoms with van der Waals surface area (Å²) >= 11 is 1.79. The first kappa shape index (κ1) is 13.5. The van der Waals surface area contributed by atoms with Crippen molar-refractivity contribution in [2.75, 3.05) is 19.6 Å². The van der Waals surface area contributed by atoms with Gasteiger partial charge < -0.3 is 5.32 Å². The van der Waals surface area contributed by atoms with Crippen molar-refractivity contribution < 1.29 is 0 Å². The average molecular weight is 279 g/mol. The highest BCUT2D eigenvalue weighted by atomic mass is 32.1. The van der Waals surface area contributed by atoms with Crippen molar-refractivity contribution in [2.24, 2.45) is 0 Å². The first-order valence-corrected chi connectivity index (χ1v) is 8.53. The summed E-state index contributed by atoms with van der Waals surface area (Å²) in [5.41, 5.74) is 0.424. The van der Waals surface area contributed by atoms with Gasteiger partial charge in [-0.1, -0.05) is 19.3 Å². The molecule has 1 saturated carbocycles. The lowest BCUT2D eigenvalue weighted by atomic mass is 9.79. The lowest BCUT2D eigenvalue weighted by Gasteiger charge is -2.49. The van der Waals surface area contributed by atoms with E-state index in [2.05, 4.69) is 27.5 Å². The van der Waals surface area contributed by atoms with Crippen LogP contribution in [0.4, 0.5) is 0 Å². The van der Waals surface area contributed by atoms with Crippen LogP contribution in [0, 0.1) is 0 Å². The smallest absolute Gasteiger partial charge is 0.0937 e. The van der Waals surface area contributed by atoms with Crippen LogP contribution in [0.15, 0.2) is 11.6 Å². The second-order valence-corrected chi connectivity index (χ2v) is 7.20. The molecule has 0 radical (unpaired) electrons. The molecule has 3 nitrogen and oxygen atoms in total. The maximum absolute atomic E-state index is 4.41. The van der Waals surface area contributed by atoms with Crippen molar-refractivity contribution in [1.82, 2.24) is 15.2 Å². The van der Waals surface area contributed by atoms with E-state index >= 15 is 0 Å². The van der Waals surface area contributed by atoms with Gasteiger partial charge in [0, 0.05) is 49.2 Å². The minimum Gasteiger partial charge on any atom is -0.308 e. The maximum atomic E-state index is 4.41. The molecule has 106 valence electrons. The van der Waals surface area contributed by atoms with E-state index in [0.717, 1.165) is 19.5 Å². The van der Waals surface area contributed by atoms with Gasteiger partial charge in [-0.15, -0.1) is 11.3 Å². The highest BCUT2D eigenvalue weighted by Crippen LogP contribution is 2.31. The van der Waals surface area contributed by atoms with Crippen LogP contribution in [0.25, 0.3) is 0 Å². The van der Waals surface area contributed by atoms with Crippen molar-refractivity contribution in [1.29, 1.82) is 0 Å². The summed E-state index contributed by atoms with van der Waals surface area (Å²) in [7, 11) is 0. The van der Waals surface area contributed by atoms with Crippen LogP contribution in [0.3, 0.4) is 0 Å². The molecule has 1 spiro atoms. The molecular formula is C15H25N3S. The van der Waals surface area contributed by atoms with E-state index in [0.29, 0.717) is 11.6 Å². The van der Waals surface area contributed by atoms with Crippen LogP contribution in [-0.2, 0) is 6.42 Å². The zero-order chi connectivity index (χ0) is 13.1. The van der Waals surface area contributed by atoms with Gasteiger partial charge in [0.25, 0.3) is 0 Å². The lowest BCUT2D eigenvalue weighted by Crippen LogP contribution is -2.64. The molecule has 3 rings (SSSR count). The Balaban J connectivity index is 1.59. The third-order valence-corrected chi connectivity index (χ3v) is 5.65. The van der Waals surface area contributed by atoms with Gasteiger partial charge >= 0.3 is 0 Å². The summed E-state index contributed by atoms with van der Waals surface area (Å²) in [5.74, 6) is 0. The monoisotopic (exact) mass is 279 g/mol. The van der Waals surface area contributed by atoms with Gasteiger partial charge in [0.15, 0.2) is 0 Å². The Morgan fingerprint density at radius 2 is 2.26 bits per heavy atom. The standard InChI is InChI=1S/C15H25N3S/c1-13-11-17-15(6-3-2-4-7-15)12-18(13)9-5-14-16-8-10-19-14/h8,10,13,17H,2-7,9,11-12H2,1H3. The molecule has 0 aromatic carbocycles. The minimum absolute atomic E-state index is 0.424. The second-order valence-electron chi connectivity index (χ2n) is 6.22. The SMILES string of the molecule is CC1CNC2(CCCCC2)CN1CCc1nccs1. The topological polar surface area (TPSA) is 28.2 Å². The summed E-state index contributed by atoms with van der Waals surface area (Å²) in [5, 5.41) is 7.22. The predicted octanol–water partition coefficient (Wildman–Crippen LogP) is 2.68. The zero-order valence-corrected chi connectivity index (χ0v) is 12.7. The molecule has 1 N–H and O–H groups in total. The van der Waals surface area contributed by atoms with Gasteiger partial charge in [0.2, 0.25) is 0 Å². The number of thiazole rings is 1. The molecule has 1 aliphatic heterocycles. The van der Waals surface area contributed by atoms with E-state index in [-0.39, 0.29) is 0 Å². The number of nitrogens with one attached hydrogen (secondary N) is 1. The Morgan fingerprint density at radius 3 is 3.00 bits per heavy atom. The van der Waals surface area contributed by atoms with E-state index < -0.39 is 0 Å². The number of hydrogen-bond donors (Lipinski definition) is 1. The molecule has 19 heavy (non-hydrogen) atoms. The fraction of sp³-hybridized carbons (Fsp3) is 0.800. The number of aromatic nitrogens is 1. The molecular weight excluding hydrogens is 254 g/mol. The lowest BCUT2D eigenvalue weighted by molar-refractivity contribution is 0.0637. The fourth-order valence-corrected chi connectivity index (χ4v) is 4.18. The molecule has 1 atom stereocenters. The van der Waals surface area contributed by atoms with Gasteiger partial charge in [-0.3, -0.25) is 4.90 Å². The maximum Gasteiger partial charge on any atom is 0.0937 e. The highest BCUT2D eigenvalue weighted by molar-refractivity contribution is 7.09. The van der Waals surface area contributed by atoms with Crippen molar-refractivity contribution in [3.63, 3.8) is 0 Å². The van der Waals surface area contributed by atoms with E-state index in [4.69, 9.17) is 0 Å². The molecule has 4 heteroatoms. The van der Waals surface area contributed by atoms with Crippen LogP contribution in [-0.4, -0.2) is 41.1 Å². The Labute approximate surface area is 120 Å². The summed E-state index contributed by atoms with van der Waals surface area (Å²) in [6.07, 6.45) is 10.0. The Bertz CT molecular complexity index is 384. The molecule has 1 unspecified atom stereocenters. The van der Waals surface area contributed by atoms with Crippen LogP contribution in [0.5, 0.6) is 0 Å². The summed E-state index contributed by atoms with van der Waals surface area (Å²) < 4.78 is 0. The largest absolute Gasteiger partial charge is 0.308 e.